The van der Waals surface area contributed by atoms with E-state index < -0.39 is 0 Å². The van der Waals surface area contributed by atoms with Crippen LogP contribution in [-0.4, -0.2) is 64.2 Å². The molecule has 2 N–H and O–H groups in total. The second-order valence-electron chi connectivity index (χ2n) is 11.0. The van der Waals surface area contributed by atoms with Crippen LogP contribution < -0.4 is 10.6 Å². The van der Waals surface area contributed by atoms with Gasteiger partial charge in [-0.1, -0.05) is 102 Å². The Balaban J connectivity index is 2.01. The van der Waals surface area contributed by atoms with Gasteiger partial charge in [-0.3, -0.25) is 4.79 Å². The Bertz CT molecular complexity index is 733. The Kier molecular flexibility index (Phi) is 26.1. The first-order valence-corrected chi connectivity index (χ1v) is 16.7. The van der Waals surface area contributed by atoms with E-state index in [1.807, 2.05) is 30.3 Å². The van der Waals surface area contributed by atoms with Crippen molar-refractivity contribution in [3.8, 4) is 0 Å². The van der Waals surface area contributed by atoms with Gasteiger partial charge in [0, 0.05) is 26.2 Å². The van der Waals surface area contributed by atoms with Gasteiger partial charge >= 0.3 is 12.1 Å². The van der Waals surface area contributed by atoms with Crippen molar-refractivity contribution in [3.05, 3.63) is 35.9 Å². The topological polar surface area (TPSA) is 95.1 Å². The highest BCUT2D eigenvalue weighted by Crippen LogP contribution is 2.09. The van der Waals surface area contributed by atoms with E-state index in [9.17, 15) is 9.59 Å². The van der Waals surface area contributed by atoms with Gasteiger partial charge in [-0.15, -0.1) is 0 Å². The monoisotopic (exact) mass is 592 g/mol. The zero-order valence-corrected chi connectivity index (χ0v) is 26.7. The number of hydrogen-bond acceptors (Lipinski definition) is 7. The molecule has 0 aliphatic heterocycles. The van der Waals surface area contributed by atoms with Crippen LogP contribution >= 0.6 is 0 Å². The normalized spacial score (nSPS) is 11.1. The third-order valence-corrected chi connectivity index (χ3v) is 6.94. The molecular weight excluding hydrogens is 532 g/mol. The van der Waals surface area contributed by atoms with E-state index in [1.54, 1.807) is 0 Å². The molecule has 1 rings (SSSR count). The molecule has 0 aromatic heterocycles. The maximum absolute atomic E-state index is 12.4. The maximum Gasteiger partial charge on any atom is 0.407 e. The summed E-state index contributed by atoms with van der Waals surface area (Å²) in [7, 11) is 0. The van der Waals surface area contributed by atoms with E-state index in [4.69, 9.17) is 18.9 Å². The lowest BCUT2D eigenvalue weighted by molar-refractivity contribution is -0.156. The Morgan fingerprint density at radius 1 is 0.690 bits per heavy atom. The molecule has 0 saturated heterocycles. The van der Waals surface area contributed by atoms with Crippen molar-refractivity contribution in [3.63, 3.8) is 0 Å². The fourth-order valence-electron chi connectivity index (χ4n) is 4.40. The molecular formula is C34H60N2O6. The highest BCUT2D eigenvalue weighted by atomic mass is 16.6. The fraction of sp³-hybridized carbons (Fsp3) is 0.765. The zero-order valence-electron chi connectivity index (χ0n) is 26.7. The van der Waals surface area contributed by atoms with Crippen LogP contribution in [0.25, 0.3) is 0 Å². The zero-order chi connectivity index (χ0) is 30.4. The van der Waals surface area contributed by atoms with E-state index in [-0.39, 0.29) is 24.8 Å². The number of esters is 1. The van der Waals surface area contributed by atoms with Crippen LogP contribution in [0, 0.1) is 0 Å². The van der Waals surface area contributed by atoms with Gasteiger partial charge < -0.3 is 29.6 Å². The van der Waals surface area contributed by atoms with Gasteiger partial charge in [0.2, 0.25) is 0 Å². The molecule has 0 bridgehead atoms. The molecule has 1 aromatic carbocycles. The summed E-state index contributed by atoms with van der Waals surface area (Å²) in [4.78, 5) is 24.2. The molecule has 0 saturated carbocycles. The summed E-state index contributed by atoms with van der Waals surface area (Å²) < 4.78 is 22.5. The highest BCUT2D eigenvalue weighted by molar-refractivity contribution is 5.69. The SMILES string of the molecule is CCCCCCOCC(COCCCCCC)OC(=O)CCCCCCCNCCCNC(=O)OCc1ccccc1. The predicted octanol–water partition coefficient (Wildman–Crippen LogP) is 7.34. The Hall–Kier alpha value is -2.16. The first-order chi connectivity index (χ1) is 20.7. The molecule has 1 amide bonds. The molecule has 0 radical (unpaired) electrons. The molecule has 0 aliphatic rings. The van der Waals surface area contributed by atoms with Crippen molar-refractivity contribution in [2.45, 2.75) is 123 Å². The molecule has 0 heterocycles. The van der Waals surface area contributed by atoms with Crippen molar-refractivity contribution in [1.82, 2.24) is 10.6 Å². The number of hydrogen-bond donors (Lipinski definition) is 2. The van der Waals surface area contributed by atoms with Crippen molar-refractivity contribution >= 4 is 12.1 Å². The van der Waals surface area contributed by atoms with E-state index in [0.29, 0.717) is 39.4 Å². The van der Waals surface area contributed by atoms with Crippen LogP contribution in [0.1, 0.15) is 116 Å². The van der Waals surface area contributed by atoms with E-state index >= 15 is 0 Å². The predicted molar refractivity (Wildman–Crippen MR) is 170 cm³/mol. The van der Waals surface area contributed by atoms with Crippen molar-refractivity contribution in [2.24, 2.45) is 0 Å². The number of carbonyl (C=O) groups is 2. The summed E-state index contributed by atoms with van der Waals surface area (Å²) in [5.74, 6) is -0.150. The Labute approximate surface area is 256 Å². The molecule has 8 nitrogen and oxygen atoms in total. The lowest BCUT2D eigenvalue weighted by Gasteiger charge is -2.18. The van der Waals surface area contributed by atoms with Crippen LogP contribution in [0.3, 0.4) is 0 Å². The number of rotatable bonds is 29. The summed E-state index contributed by atoms with van der Waals surface area (Å²) in [6, 6.07) is 9.66. The summed E-state index contributed by atoms with van der Waals surface area (Å²) in [6.45, 7) is 9.33. The summed E-state index contributed by atoms with van der Waals surface area (Å²) in [6.07, 6.45) is 15.1. The van der Waals surface area contributed by atoms with E-state index in [1.165, 1.54) is 38.5 Å². The quantitative estimate of drug-likeness (QED) is 0.0742. The van der Waals surface area contributed by atoms with Crippen LogP contribution in [0.2, 0.25) is 0 Å². The summed E-state index contributed by atoms with van der Waals surface area (Å²) in [5, 5.41) is 6.20. The third-order valence-electron chi connectivity index (χ3n) is 6.94. The molecule has 42 heavy (non-hydrogen) atoms. The number of ether oxygens (including phenoxy) is 4. The molecule has 8 heteroatoms. The van der Waals surface area contributed by atoms with Crippen molar-refractivity contribution in [1.29, 1.82) is 0 Å². The summed E-state index contributed by atoms with van der Waals surface area (Å²) >= 11 is 0. The molecule has 0 spiro atoms. The van der Waals surface area contributed by atoms with E-state index in [2.05, 4.69) is 24.5 Å². The molecule has 0 unspecified atom stereocenters. The lowest BCUT2D eigenvalue weighted by atomic mass is 10.1. The van der Waals surface area contributed by atoms with Gasteiger partial charge in [-0.05, 0) is 50.8 Å². The average molecular weight is 593 g/mol. The molecule has 242 valence electrons. The number of unbranched alkanes of at least 4 members (excludes halogenated alkanes) is 10. The minimum Gasteiger partial charge on any atom is -0.457 e. The van der Waals surface area contributed by atoms with E-state index in [0.717, 1.165) is 70.0 Å². The van der Waals surface area contributed by atoms with Crippen LogP contribution in [-0.2, 0) is 30.3 Å². The molecule has 0 aliphatic carbocycles. The van der Waals surface area contributed by atoms with Gasteiger partial charge in [0.25, 0.3) is 0 Å². The number of amides is 1. The fourth-order valence-corrected chi connectivity index (χ4v) is 4.40. The van der Waals surface area contributed by atoms with Gasteiger partial charge in [0.1, 0.15) is 12.7 Å². The Morgan fingerprint density at radius 2 is 1.29 bits per heavy atom. The smallest absolute Gasteiger partial charge is 0.407 e. The molecule has 1 aromatic rings. The van der Waals surface area contributed by atoms with Gasteiger partial charge in [0.15, 0.2) is 0 Å². The molecule has 0 fully saturated rings. The number of nitrogens with one attached hydrogen (secondary N) is 2. The Morgan fingerprint density at radius 3 is 1.95 bits per heavy atom. The highest BCUT2D eigenvalue weighted by Gasteiger charge is 2.15. The van der Waals surface area contributed by atoms with Crippen LogP contribution in [0.15, 0.2) is 30.3 Å². The van der Waals surface area contributed by atoms with Crippen molar-refractivity contribution in [2.75, 3.05) is 46.1 Å². The second kappa shape index (κ2) is 28.9. The first-order valence-electron chi connectivity index (χ1n) is 16.7. The van der Waals surface area contributed by atoms with Gasteiger partial charge in [-0.2, -0.15) is 0 Å². The average Bonchev–Trinajstić information content (AvgIpc) is 3.00. The molecule has 0 atom stereocenters. The lowest BCUT2D eigenvalue weighted by Crippen LogP contribution is -2.29. The maximum atomic E-state index is 12.4. The first kappa shape index (κ1) is 37.9. The standard InChI is InChI=1S/C34H60N2O6/c1-3-5-7-17-26-39-29-32(30-40-27-18-8-6-4-2)42-33(37)22-15-10-9-11-16-23-35-24-19-25-36-34(38)41-28-31-20-13-12-14-21-31/h12-14,20-21,32,35H,3-11,15-19,22-30H2,1-2H3,(H,36,38). The minimum atomic E-state index is -0.379. The number of carbonyl (C=O) groups excluding carboxylic acids is 2. The van der Waals surface area contributed by atoms with Gasteiger partial charge in [-0.25, -0.2) is 4.79 Å². The van der Waals surface area contributed by atoms with Gasteiger partial charge in [0.05, 0.1) is 13.2 Å². The number of alkyl carbamates (subject to hydrolysis) is 1. The van der Waals surface area contributed by atoms with Crippen molar-refractivity contribution < 1.29 is 28.5 Å². The minimum absolute atomic E-state index is 0.150. The number of benzene rings is 1. The van der Waals surface area contributed by atoms with Crippen LogP contribution in [0.5, 0.6) is 0 Å². The largest absolute Gasteiger partial charge is 0.457 e. The third kappa shape index (κ3) is 24.4. The summed E-state index contributed by atoms with van der Waals surface area (Å²) in [5.41, 5.74) is 0.977. The second-order valence-corrected chi connectivity index (χ2v) is 11.0. The van der Waals surface area contributed by atoms with Crippen LogP contribution in [0.4, 0.5) is 4.79 Å².